The summed E-state index contributed by atoms with van der Waals surface area (Å²) in [6.45, 7) is 0. The van der Waals surface area contributed by atoms with Crippen LogP contribution in [0.2, 0.25) is 0 Å². The Balaban J connectivity index is -0.00000128. The molecule has 0 aromatic heterocycles. The van der Waals surface area contributed by atoms with Gasteiger partial charge in [0.2, 0.25) is 0 Å². The summed E-state index contributed by atoms with van der Waals surface area (Å²) in [5.41, 5.74) is 0. The molecule has 0 aliphatic rings. The average Bonchev–Trinajstić information content (AvgIpc) is 1.98. The smallest absolute Gasteiger partial charge is 1.00 e. The van der Waals surface area contributed by atoms with Gasteiger partial charge in [-0.3, -0.25) is 4.55 Å². The van der Waals surface area contributed by atoms with E-state index in [9.17, 15) is 43.2 Å². The van der Waals surface area contributed by atoms with E-state index >= 15 is 0 Å². The van der Waals surface area contributed by atoms with E-state index in [-0.39, 0.29) is 52.8 Å². The summed E-state index contributed by atoms with van der Waals surface area (Å²) in [4.78, 5) is 0. The Kier molecular flexibility index (Phi) is 6.78. The second-order valence-corrected chi connectivity index (χ2v) is 6.59. The van der Waals surface area contributed by atoms with Crippen LogP contribution < -0.4 is 51.4 Å². The molecule has 18 heavy (non-hydrogen) atoms. The zero-order valence-electron chi connectivity index (χ0n) is 9.04. The molecule has 0 aliphatic heterocycles. The molecule has 0 saturated heterocycles. The van der Waals surface area contributed by atoms with E-state index in [0.717, 1.165) is 0 Å². The van der Waals surface area contributed by atoms with Crippen molar-refractivity contribution in [2.75, 3.05) is 0 Å². The SMILES string of the molecule is O=S(=O)(O)C(F)(F)C(F)(F)C(F)(F)S(=O)(=O)Cl.[H-].[K+]. The molecule has 0 radical (unpaired) electrons. The summed E-state index contributed by atoms with van der Waals surface area (Å²) >= 11 is 0. The molecule has 0 saturated carbocycles. The quantitative estimate of drug-likeness (QED) is 0.278. The first-order valence-corrected chi connectivity index (χ1v) is 6.80. The minimum atomic E-state index is -6.99. The molecular formula is C3H2ClF6KO5S2. The summed E-state index contributed by atoms with van der Waals surface area (Å²) in [6.07, 6.45) is 0. The second kappa shape index (κ2) is 5.63. The average molecular weight is 371 g/mol. The molecule has 5 nitrogen and oxygen atoms in total. The molecular weight excluding hydrogens is 369 g/mol. The maximum absolute atomic E-state index is 12.5. The predicted octanol–water partition coefficient (Wildman–Crippen LogP) is -1.62. The van der Waals surface area contributed by atoms with Crippen LogP contribution in [-0.4, -0.2) is 37.8 Å². The Morgan fingerprint density at radius 2 is 1.17 bits per heavy atom. The Labute approximate surface area is 145 Å². The van der Waals surface area contributed by atoms with Crippen LogP contribution in [0.4, 0.5) is 26.3 Å². The molecule has 0 unspecified atom stereocenters. The van der Waals surface area contributed by atoms with Crippen molar-refractivity contribution in [1.82, 2.24) is 0 Å². The van der Waals surface area contributed by atoms with E-state index in [1.165, 1.54) is 0 Å². The molecule has 0 spiro atoms. The van der Waals surface area contributed by atoms with E-state index in [0.29, 0.717) is 0 Å². The monoisotopic (exact) mass is 370 g/mol. The van der Waals surface area contributed by atoms with Crippen molar-refractivity contribution in [3.8, 4) is 0 Å². The van der Waals surface area contributed by atoms with Gasteiger partial charge in [0, 0.05) is 10.7 Å². The van der Waals surface area contributed by atoms with Crippen LogP contribution in [0.25, 0.3) is 0 Å². The molecule has 0 aliphatic carbocycles. The number of rotatable bonds is 4. The van der Waals surface area contributed by atoms with Gasteiger partial charge in [-0.05, 0) is 0 Å². The summed E-state index contributed by atoms with van der Waals surface area (Å²) < 4.78 is 122. The fourth-order valence-corrected chi connectivity index (χ4v) is 1.73. The van der Waals surface area contributed by atoms with E-state index in [4.69, 9.17) is 4.55 Å². The van der Waals surface area contributed by atoms with Crippen LogP contribution in [0.5, 0.6) is 0 Å². The van der Waals surface area contributed by atoms with Crippen LogP contribution >= 0.6 is 10.7 Å². The Morgan fingerprint density at radius 1 is 0.889 bits per heavy atom. The molecule has 1 N–H and O–H groups in total. The third-order valence-corrected chi connectivity index (χ3v) is 3.72. The molecule has 0 atom stereocenters. The van der Waals surface area contributed by atoms with Crippen LogP contribution in [0.1, 0.15) is 1.43 Å². The second-order valence-electron chi connectivity index (χ2n) is 2.52. The molecule has 0 rings (SSSR count). The van der Waals surface area contributed by atoms with Crippen LogP contribution in [0.15, 0.2) is 0 Å². The maximum atomic E-state index is 12.5. The standard InChI is InChI=1S/C3HClF6O5S2.K.H/c4-16(11,12)2(7,8)1(5,6)3(9,10)17(13,14)15;;/h(H,13,14,15);;/q;+1;-1. The molecule has 0 bridgehead atoms. The molecule has 0 amide bonds. The van der Waals surface area contributed by atoms with E-state index < -0.39 is 35.6 Å². The van der Waals surface area contributed by atoms with Gasteiger partial charge in [-0.15, -0.1) is 0 Å². The van der Waals surface area contributed by atoms with Gasteiger partial charge in [-0.25, -0.2) is 8.42 Å². The van der Waals surface area contributed by atoms with Crippen LogP contribution in [-0.2, 0) is 19.2 Å². The Morgan fingerprint density at radius 3 is 1.33 bits per heavy atom. The topological polar surface area (TPSA) is 88.5 Å². The van der Waals surface area contributed by atoms with E-state index in [2.05, 4.69) is 10.7 Å². The minimum absolute atomic E-state index is 0. The zero-order valence-corrected chi connectivity index (χ0v) is 13.6. The first-order valence-electron chi connectivity index (χ1n) is 3.05. The predicted molar refractivity (Wildman–Crippen MR) is 42.3 cm³/mol. The number of alkyl halides is 6. The molecule has 106 valence electrons. The normalized spacial score (nSPS) is 15.1. The van der Waals surface area contributed by atoms with Crippen molar-refractivity contribution >= 4 is 29.9 Å². The van der Waals surface area contributed by atoms with Gasteiger partial charge in [-0.2, -0.15) is 34.8 Å². The van der Waals surface area contributed by atoms with E-state index in [1.807, 2.05) is 0 Å². The summed E-state index contributed by atoms with van der Waals surface area (Å²) in [5, 5.41) is -13.4. The number of hydrogen-bond donors (Lipinski definition) is 1. The molecule has 0 heterocycles. The van der Waals surface area contributed by atoms with Crippen molar-refractivity contribution < 1.29 is 101 Å². The van der Waals surface area contributed by atoms with Gasteiger partial charge in [-0.1, -0.05) is 0 Å². The third-order valence-electron chi connectivity index (χ3n) is 1.36. The fourth-order valence-electron chi connectivity index (χ4n) is 0.485. The first kappa shape index (κ1) is 21.7. The first-order chi connectivity index (χ1) is 7.00. The van der Waals surface area contributed by atoms with Gasteiger partial charge in [0.1, 0.15) is 0 Å². The summed E-state index contributed by atoms with van der Waals surface area (Å²) in [5.74, 6) is -6.96. The zero-order chi connectivity index (χ0) is 14.5. The van der Waals surface area contributed by atoms with Gasteiger partial charge >= 0.3 is 87.0 Å². The van der Waals surface area contributed by atoms with Crippen molar-refractivity contribution in [2.45, 2.75) is 16.4 Å². The molecule has 15 heteroatoms. The van der Waals surface area contributed by atoms with Gasteiger partial charge in [0.25, 0.3) is 0 Å². The minimum Gasteiger partial charge on any atom is -1.00 e. The summed E-state index contributed by atoms with van der Waals surface area (Å²) in [6, 6.07) is 0. The van der Waals surface area contributed by atoms with Crippen LogP contribution in [0.3, 0.4) is 0 Å². The van der Waals surface area contributed by atoms with Gasteiger partial charge in [0.15, 0.2) is 0 Å². The van der Waals surface area contributed by atoms with E-state index in [1.54, 1.807) is 0 Å². The summed E-state index contributed by atoms with van der Waals surface area (Å²) in [7, 11) is -9.76. The largest absolute Gasteiger partial charge is 1.00 e. The number of halogens is 7. The van der Waals surface area contributed by atoms with Crippen LogP contribution in [0, 0.1) is 0 Å². The van der Waals surface area contributed by atoms with Crippen molar-refractivity contribution in [1.29, 1.82) is 0 Å². The van der Waals surface area contributed by atoms with Crippen molar-refractivity contribution in [2.24, 2.45) is 0 Å². The third kappa shape index (κ3) is 3.33. The van der Waals surface area contributed by atoms with Crippen molar-refractivity contribution in [3.05, 3.63) is 0 Å². The molecule has 0 aromatic rings. The van der Waals surface area contributed by atoms with Crippen molar-refractivity contribution in [3.63, 3.8) is 0 Å². The Bertz CT molecular complexity index is 473. The molecule has 0 fully saturated rings. The fraction of sp³-hybridized carbons (Fsp3) is 1.00. The molecule has 0 aromatic carbocycles. The van der Waals surface area contributed by atoms with Gasteiger partial charge < -0.3 is 1.43 Å². The van der Waals surface area contributed by atoms with Gasteiger partial charge in [0.05, 0.1) is 0 Å². The maximum Gasteiger partial charge on any atom is 1.00 e. The number of hydrogen-bond acceptors (Lipinski definition) is 4. The Hall–Kier alpha value is 1.37.